The SMILES string of the molecule is O=C(O)CCCN(Cc1cncs1)c1ccc(OC(F)F)c(OC(F)F)c1. The maximum atomic E-state index is 12.6. The minimum Gasteiger partial charge on any atom is -0.481 e. The third-order valence-electron chi connectivity index (χ3n) is 3.37. The van der Waals surface area contributed by atoms with Crippen molar-refractivity contribution < 1.29 is 36.9 Å². The van der Waals surface area contributed by atoms with Crippen LogP contribution < -0.4 is 14.4 Å². The molecule has 148 valence electrons. The van der Waals surface area contributed by atoms with Crippen LogP contribution in [0.3, 0.4) is 0 Å². The number of aromatic nitrogens is 1. The van der Waals surface area contributed by atoms with Crippen molar-refractivity contribution in [3.8, 4) is 11.5 Å². The van der Waals surface area contributed by atoms with Gasteiger partial charge in [-0.15, -0.1) is 11.3 Å². The maximum absolute atomic E-state index is 12.6. The minimum absolute atomic E-state index is 0.0772. The fourth-order valence-electron chi connectivity index (χ4n) is 2.30. The molecule has 0 spiro atoms. The van der Waals surface area contributed by atoms with Gasteiger partial charge in [-0.3, -0.25) is 9.78 Å². The van der Waals surface area contributed by atoms with Crippen molar-refractivity contribution in [3.63, 3.8) is 0 Å². The minimum atomic E-state index is -3.22. The number of carbonyl (C=O) groups is 1. The Kier molecular flexibility index (Phi) is 7.65. The van der Waals surface area contributed by atoms with Gasteiger partial charge in [-0.05, 0) is 18.6 Å². The van der Waals surface area contributed by atoms with Crippen LogP contribution in [-0.2, 0) is 11.3 Å². The number of nitrogens with zero attached hydrogens (tertiary/aromatic N) is 2. The van der Waals surface area contributed by atoms with Crippen molar-refractivity contribution in [3.05, 3.63) is 34.8 Å². The summed E-state index contributed by atoms with van der Waals surface area (Å²) in [5.41, 5.74) is 2.02. The van der Waals surface area contributed by atoms with Gasteiger partial charge in [-0.1, -0.05) is 0 Å². The van der Waals surface area contributed by atoms with Gasteiger partial charge in [-0.2, -0.15) is 17.6 Å². The molecule has 0 fully saturated rings. The molecule has 0 radical (unpaired) electrons. The van der Waals surface area contributed by atoms with E-state index in [9.17, 15) is 22.4 Å². The summed E-state index contributed by atoms with van der Waals surface area (Å²) in [6, 6.07) is 3.68. The molecule has 11 heteroatoms. The zero-order valence-corrected chi connectivity index (χ0v) is 14.7. The van der Waals surface area contributed by atoms with Crippen LogP contribution in [0.2, 0.25) is 0 Å². The molecule has 0 bridgehead atoms. The number of aliphatic carboxylic acids is 1. The van der Waals surface area contributed by atoms with Crippen LogP contribution in [0.15, 0.2) is 29.9 Å². The molecular weight excluding hydrogens is 392 g/mol. The molecule has 1 aromatic carbocycles. The van der Waals surface area contributed by atoms with E-state index < -0.39 is 30.7 Å². The molecule has 1 N–H and O–H groups in total. The number of carboxylic acids is 1. The Morgan fingerprint density at radius 1 is 1.19 bits per heavy atom. The fourth-order valence-corrected chi connectivity index (χ4v) is 2.91. The number of carboxylic acid groups (broad SMARTS) is 1. The van der Waals surface area contributed by atoms with Crippen LogP contribution >= 0.6 is 11.3 Å². The van der Waals surface area contributed by atoms with E-state index in [0.717, 1.165) is 17.0 Å². The van der Waals surface area contributed by atoms with Gasteiger partial charge in [-0.25, -0.2) is 0 Å². The number of hydrogen-bond donors (Lipinski definition) is 1. The zero-order valence-electron chi connectivity index (χ0n) is 13.9. The lowest BCUT2D eigenvalue weighted by atomic mass is 10.2. The summed E-state index contributed by atoms with van der Waals surface area (Å²) in [5.74, 6) is -2.01. The third kappa shape index (κ3) is 6.93. The number of anilines is 1. The molecule has 0 amide bonds. The standard InChI is InChI=1S/C16H16F4N2O4S/c17-15(18)25-12-4-3-10(6-13(12)26-16(19)20)22(5-1-2-14(23)24)8-11-7-21-9-27-11/h3-4,6-7,9,15-16H,1-2,5,8H2,(H,23,24). The molecule has 2 aromatic rings. The van der Waals surface area contributed by atoms with E-state index in [4.69, 9.17) is 5.11 Å². The summed E-state index contributed by atoms with van der Waals surface area (Å²) < 4.78 is 58.6. The highest BCUT2D eigenvalue weighted by Crippen LogP contribution is 2.35. The predicted molar refractivity (Wildman–Crippen MR) is 89.7 cm³/mol. The van der Waals surface area contributed by atoms with Crippen LogP contribution in [0.4, 0.5) is 23.2 Å². The first-order valence-corrected chi connectivity index (χ1v) is 8.61. The molecule has 1 heterocycles. The van der Waals surface area contributed by atoms with Crippen molar-refractivity contribution in [2.75, 3.05) is 11.4 Å². The third-order valence-corrected chi connectivity index (χ3v) is 4.14. The molecular formula is C16H16F4N2O4S. The largest absolute Gasteiger partial charge is 0.481 e. The normalized spacial score (nSPS) is 11.0. The first kappa shape index (κ1) is 20.7. The van der Waals surface area contributed by atoms with Gasteiger partial charge in [0.05, 0.1) is 12.1 Å². The molecule has 0 unspecified atom stereocenters. The second-order valence-corrected chi connectivity index (χ2v) is 6.25. The monoisotopic (exact) mass is 408 g/mol. The van der Waals surface area contributed by atoms with E-state index in [1.165, 1.54) is 17.4 Å². The lowest BCUT2D eigenvalue weighted by molar-refractivity contribution is -0.137. The van der Waals surface area contributed by atoms with E-state index in [1.54, 1.807) is 16.6 Å². The van der Waals surface area contributed by atoms with Crippen LogP contribution in [-0.4, -0.2) is 35.8 Å². The van der Waals surface area contributed by atoms with Crippen LogP contribution in [0.5, 0.6) is 11.5 Å². The van der Waals surface area contributed by atoms with Crippen LogP contribution in [0, 0.1) is 0 Å². The first-order chi connectivity index (χ1) is 12.8. The molecule has 0 aliphatic carbocycles. The second-order valence-electron chi connectivity index (χ2n) is 5.27. The number of rotatable bonds is 11. The summed E-state index contributed by atoms with van der Waals surface area (Å²) in [6.45, 7) is -5.78. The quantitative estimate of drug-likeness (QED) is 0.562. The fraction of sp³-hybridized carbons (Fsp3) is 0.375. The van der Waals surface area contributed by atoms with E-state index in [-0.39, 0.29) is 6.42 Å². The van der Waals surface area contributed by atoms with Crippen molar-refractivity contribution in [2.24, 2.45) is 0 Å². The van der Waals surface area contributed by atoms with Gasteiger partial charge >= 0.3 is 19.2 Å². The smallest absolute Gasteiger partial charge is 0.387 e. The Morgan fingerprint density at radius 2 is 1.89 bits per heavy atom. The molecule has 1 aromatic heterocycles. The predicted octanol–water partition coefficient (Wildman–Crippen LogP) is 4.22. The number of ether oxygens (including phenoxy) is 2. The van der Waals surface area contributed by atoms with Crippen molar-refractivity contribution in [2.45, 2.75) is 32.6 Å². The molecule has 0 aliphatic heterocycles. The average Bonchev–Trinajstić information content (AvgIpc) is 3.07. The van der Waals surface area contributed by atoms with Gasteiger partial charge in [0.2, 0.25) is 0 Å². The molecule has 0 saturated carbocycles. The second kappa shape index (κ2) is 9.95. The van der Waals surface area contributed by atoms with Crippen molar-refractivity contribution in [1.29, 1.82) is 0 Å². The molecule has 0 aliphatic rings. The van der Waals surface area contributed by atoms with Crippen LogP contribution in [0.25, 0.3) is 0 Å². The highest BCUT2D eigenvalue weighted by Gasteiger charge is 2.18. The van der Waals surface area contributed by atoms with Crippen molar-refractivity contribution in [1.82, 2.24) is 4.98 Å². The Labute approximate surface area is 156 Å². The summed E-state index contributed by atoms with van der Waals surface area (Å²) in [4.78, 5) is 17.3. The van der Waals surface area contributed by atoms with E-state index in [1.807, 2.05) is 0 Å². The van der Waals surface area contributed by atoms with Gasteiger partial charge in [0.15, 0.2) is 11.5 Å². The zero-order chi connectivity index (χ0) is 19.8. The summed E-state index contributed by atoms with van der Waals surface area (Å²) in [5, 5.41) is 8.80. The van der Waals surface area contributed by atoms with E-state index in [0.29, 0.717) is 25.2 Å². The van der Waals surface area contributed by atoms with Crippen LogP contribution in [0.1, 0.15) is 17.7 Å². The molecule has 0 saturated heterocycles. The maximum Gasteiger partial charge on any atom is 0.387 e. The molecule has 6 nitrogen and oxygen atoms in total. The van der Waals surface area contributed by atoms with E-state index >= 15 is 0 Å². The van der Waals surface area contributed by atoms with Gasteiger partial charge in [0.1, 0.15) is 0 Å². The highest BCUT2D eigenvalue weighted by atomic mass is 32.1. The molecule has 27 heavy (non-hydrogen) atoms. The summed E-state index contributed by atoms with van der Waals surface area (Å²) in [6.07, 6.45) is 1.85. The lowest BCUT2D eigenvalue weighted by Gasteiger charge is -2.25. The number of alkyl halides is 4. The Morgan fingerprint density at radius 3 is 2.48 bits per heavy atom. The van der Waals surface area contributed by atoms with Gasteiger partial charge < -0.3 is 19.5 Å². The Bertz CT molecular complexity index is 731. The average molecular weight is 408 g/mol. The number of hydrogen-bond acceptors (Lipinski definition) is 6. The summed E-state index contributed by atoms with van der Waals surface area (Å²) in [7, 11) is 0. The number of halogens is 4. The van der Waals surface area contributed by atoms with Crippen molar-refractivity contribution >= 4 is 23.0 Å². The first-order valence-electron chi connectivity index (χ1n) is 7.73. The van der Waals surface area contributed by atoms with Gasteiger partial charge in [0, 0.05) is 35.8 Å². The highest BCUT2D eigenvalue weighted by molar-refractivity contribution is 7.09. The Hall–Kier alpha value is -2.56. The topological polar surface area (TPSA) is 71.9 Å². The summed E-state index contributed by atoms with van der Waals surface area (Å²) >= 11 is 1.37. The molecule has 0 atom stereocenters. The molecule has 2 rings (SSSR count). The van der Waals surface area contributed by atoms with Gasteiger partial charge in [0.25, 0.3) is 0 Å². The number of thiazole rings is 1. The number of benzene rings is 1. The lowest BCUT2D eigenvalue weighted by Crippen LogP contribution is -2.24. The van der Waals surface area contributed by atoms with E-state index in [2.05, 4.69) is 14.5 Å². The Balaban J connectivity index is 2.26.